The van der Waals surface area contributed by atoms with Crippen molar-refractivity contribution in [2.45, 2.75) is 75.2 Å². The van der Waals surface area contributed by atoms with Gasteiger partial charge in [0.2, 0.25) is 0 Å². The summed E-state index contributed by atoms with van der Waals surface area (Å²) in [4.78, 5) is 26.2. The van der Waals surface area contributed by atoms with E-state index in [1.54, 1.807) is 37.3 Å². The van der Waals surface area contributed by atoms with Crippen LogP contribution in [-0.2, 0) is 28.5 Å². The Bertz CT molecular complexity index is 1330. The van der Waals surface area contributed by atoms with Gasteiger partial charge in [-0.3, -0.25) is 4.79 Å². The van der Waals surface area contributed by atoms with Crippen molar-refractivity contribution in [1.29, 1.82) is 0 Å². The van der Waals surface area contributed by atoms with Crippen molar-refractivity contribution in [2.24, 2.45) is 11.3 Å². The van der Waals surface area contributed by atoms with Gasteiger partial charge in [0, 0.05) is 18.8 Å². The maximum absolute atomic E-state index is 13.6. The van der Waals surface area contributed by atoms with Crippen molar-refractivity contribution >= 4 is 11.9 Å². The van der Waals surface area contributed by atoms with Crippen molar-refractivity contribution in [3.05, 3.63) is 84.0 Å². The van der Waals surface area contributed by atoms with Gasteiger partial charge in [-0.2, -0.15) is 0 Å². The quantitative estimate of drug-likeness (QED) is 0.431. The van der Waals surface area contributed by atoms with Gasteiger partial charge in [-0.25, -0.2) is 4.79 Å². The largest absolute Gasteiger partial charge is 0.455 e. The second-order valence-corrected chi connectivity index (χ2v) is 11.6. The zero-order valence-electron chi connectivity index (χ0n) is 22.7. The lowest BCUT2D eigenvalue weighted by Gasteiger charge is -2.64. The van der Waals surface area contributed by atoms with Gasteiger partial charge in [0.05, 0.1) is 24.2 Å². The number of esters is 2. The Morgan fingerprint density at radius 2 is 1.93 bits per heavy atom. The van der Waals surface area contributed by atoms with E-state index in [4.69, 9.17) is 23.7 Å². The van der Waals surface area contributed by atoms with Crippen molar-refractivity contribution in [2.75, 3.05) is 6.61 Å². The van der Waals surface area contributed by atoms with E-state index in [9.17, 15) is 19.8 Å². The van der Waals surface area contributed by atoms with Crippen LogP contribution in [0.15, 0.2) is 78.4 Å². The van der Waals surface area contributed by atoms with Gasteiger partial charge in [0.1, 0.15) is 30.0 Å². The number of rotatable bonds is 4. The fourth-order valence-corrected chi connectivity index (χ4v) is 7.40. The molecule has 6 rings (SSSR count). The molecule has 2 N–H and O–H groups in total. The van der Waals surface area contributed by atoms with Gasteiger partial charge in [-0.15, -0.1) is 0 Å². The standard InChI is InChI=1S/C31H34O9/c1-6-22-37-24-23-16(2)20(33)14-30(35,17(23)3)27(39-28(34)19-10-8-7-9-11-19)25-29(5,26(24)38-22)13-12-21-31(25,15-36-21)40-18(4)32/h6-13,20-22,24-27,33,35H,1,3,14-15H2,2,4-5H3/t20-,21+,22+,24+,25-,26+,27-,29+,30-,31-/m0/s1. The SMILES string of the molecule is C=C[C@@H]1O[C@@H]2C3=C(C)[C@@H](O)C[C@](O)(C3=C)[C@@H](OC(=O)c3ccccc3)[C@H]3[C@@](C)(C=C[C@H]4OC[C@]43OC(C)=O)[C@@H]2O1. The molecule has 2 bridgehead atoms. The maximum atomic E-state index is 13.6. The second kappa shape index (κ2) is 9.22. The summed E-state index contributed by atoms with van der Waals surface area (Å²) in [6, 6.07) is 8.44. The van der Waals surface area contributed by atoms with E-state index in [0.29, 0.717) is 11.1 Å². The van der Waals surface area contributed by atoms with Crippen LogP contribution in [-0.4, -0.2) is 76.8 Å². The summed E-state index contributed by atoms with van der Waals surface area (Å²) in [5.41, 5.74) is -2.61. The van der Waals surface area contributed by atoms with E-state index in [1.807, 2.05) is 19.1 Å². The molecule has 0 unspecified atom stereocenters. The van der Waals surface area contributed by atoms with E-state index in [2.05, 4.69) is 13.2 Å². The molecule has 9 nitrogen and oxygen atoms in total. The van der Waals surface area contributed by atoms with E-state index in [-0.39, 0.29) is 24.2 Å². The number of hydrogen-bond donors (Lipinski definition) is 2. The van der Waals surface area contributed by atoms with Crippen molar-refractivity contribution < 1.29 is 43.5 Å². The van der Waals surface area contributed by atoms with E-state index >= 15 is 0 Å². The molecule has 0 radical (unpaired) electrons. The lowest BCUT2D eigenvalue weighted by molar-refractivity contribution is -0.305. The average molecular weight is 551 g/mol. The number of carbonyl (C=O) groups excluding carboxylic acids is 2. The predicted molar refractivity (Wildman–Crippen MR) is 142 cm³/mol. The Morgan fingerprint density at radius 3 is 2.55 bits per heavy atom. The summed E-state index contributed by atoms with van der Waals surface area (Å²) in [6.45, 7) is 13.1. The first kappa shape index (κ1) is 27.1. The molecule has 9 heteroatoms. The second-order valence-electron chi connectivity index (χ2n) is 11.6. The maximum Gasteiger partial charge on any atom is 0.338 e. The van der Waals surface area contributed by atoms with Gasteiger partial charge in [0.25, 0.3) is 0 Å². The van der Waals surface area contributed by atoms with Crippen LogP contribution in [0.2, 0.25) is 0 Å². The summed E-state index contributed by atoms with van der Waals surface area (Å²) in [6.07, 6.45) is -0.207. The first-order valence-electron chi connectivity index (χ1n) is 13.5. The molecular weight excluding hydrogens is 516 g/mol. The Labute approximate surface area is 232 Å². The lowest BCUT2D eigenvalue weighted by atomic mass is 9.50. The first-order valence-corrected chi connectivity index (χ1v) is 13.5. The highest BCUT2D eigenvalue weighted by Gasteiger charge is 2.73. The van der Waals surface area contributed by atoms with Gasteiger partial charge in [0.15, 0.2) is 11.9 Å². The van der Waals surface area contributed by atoms with Crippen LogP contribution in [0.1, 0.15) is 37.6 Å². The Morgan fingerprint density at radius 1 is 1.20 bits per heavy atom. The van der Waals surface area contributed by atoms with Crippen molar-refractivity contribution in [1.82, 2.24) is 0 Å². The van der Waals surface area contributed by atoms with Gasteiger partial charge in [-0.05, 0) is 41.9 Å². The summed E-state index contributed by atoms with van der Waals surface area (Å²) in [5.74, 6) is -2.10. The zero-order valence-corrected chi connectivity index (χ0v) is 22.7. The number of fused-ring (bicyclic) bond motifs is 8. The number of carbonyl (C=O) groups is 2. The average Bonchev–Trinajstić information content (AvgIpc) is 3.34. The topological polar surface area (TPSA) is 121 Å². The fourth-order valence-electron chi connectivity index (χ4n) is 7.40. The predicted octanol–water partition coefficient (Wildman–Crippen LogP) is 2.78. The van der Waals surface area contributed by atoms with Crippen molar-refractivity contribution in [3.63, 3.8) is 0 Å². The third-order valence-electron chi connectivity index (χ3n) is 9.35. The summed E-state index contributed by atoms with van der Waals surface area (Å²) >= 11 is 0. The minimum absolute atomic E-state index is 0.0111. The molecule has 1 aromatic carbocycles. The number of hydrogen-bond acceptors (Lipinski definition) is 9. The molecule has 10 atom stereocenters. The molecular formula is C31H34O9. The minimum Gasteiger partial charge on any atom is -0.455 e. The molecule has 0 spiro atoms. The van der Waals surface area contributed by atoms with E-state index in [0.717, 1.165) is 0 Å². The van der Waals surface area contributed by atoms with Crippen LogP contribution in [0.5, 0.6) is 0 Å². The Balaban J connectivity index is 1.61. The van der Waals surface area contributed by atoms with Crippen LogP contribution in [0.3, 0.4) is 0 Å². The fraction of sp³-hybridized carbons (Fsp3) is 0.484. The van der Waals surface area contributed by atoms with Crippen LogP contribution < -0.4 is 0 Å². The number of aliphatic hydroxyl groups excluding tert-OH is 1. The van der Waals surface area contributed by atoms with Crippen LogP contribution in [0.4, 0.5) is 0 Å². The molecule has 40 heavy (non-hydrogen) atoms. The molecule has 1 aromatic rings. The van der Waals surface area contributed by atoms with Crippen LogP contribution in [0, 0.1) is 11.3 Å². The highest BCUT2D eigenvalue weighted by Crippen LogP contribution is 2.62. The van der Waals surface area contributed by atoms with E-state index in [1.165, 1.54) is 13.0 Å². The number of benzene rings is 1. The first-order chi connectivity index (χ1) is 19.0. The summed E-state index contributed by atoms with van der Waals surface area (Å²) in [7, 11) is 0. The highest BCUT2D eigenvalue weighted by atomic mass is 16.7. The Hall–Kier alpha value is -3.08. The molecule has 3 fully saturated rings. The third-order valence-corrected chi connectivity index (χ3v) is 9.35. The minimum atomic E-state index is -1.94. The zero-order chi connectivity index (χ0) is 28.6. The number of ether oxygens (including phenoxy) is 5. The molecule has 212 valence electrons. The van der Waals surface area contributed by atoms with Crippen LogP contribution >= 0.6 is 0 Å². The molecule has 2 aliphatic heterocycles. The van der Waals surface area contributed by atoms with Gasteiger partial charge < -0.3 is 33.9 Å². The Kier molecular flexibility index (Phi) is 6.25. The molecule has 2 heterocycles. The molecule has 5 aliphatic rings. The molecule has 0 aromatic heterocycles. The molecule has 0 amide bonds. The van der Waals surface area contributed by atoms with Crippen molar-refractivity contribution in [3.8, 4) is 0 Å². The lowest BCUT2D eigenvalue weighted by Crippen LogP contribution is -2.77. The summed E-state index contributed by atoms with van der Waals surface area (Å²) < 4.78 is 30.9. The number of aliphatic hydroxyl groups is 2. The normalized spacial score (nSPS) is 43.3. The molecule has 2 saturated heterocycles. The van der Waals surface area contributed by atoms with Gasteiger partial charge in [-0.1, -0.05) is 50.4 Å². The van der Waals surface area contributed by atoms with Gasteiger partial charge >= 0.3 is 11.9 Å². The third kappa shape index (κ3) is 3.65. The van der Waals surface area contributed by atoms with E-state index < -0.39 is 71.3 Å². The monoisotopic (exact) mass is 550 g/mol. The summed E-state index contributed by atoms with van der Waals surface area (Å²) in [5, 5.41) is 23.9. The molecule has 3 aliphatic carbocycles. The smallest absolute Gasteiger partial charge is 0.338 e. The highest BCUT2D eigenvalue weighted by molar-refractivity contribution is 5.89. The molecule has 1 saturated carbocycles. The van der Waals surface area contributed by atoms with Crippen LogP contribution in [0.25, 0.3) is 0 Å².